The molecule has 0 aliphatic carbocycles. The highest BCUT2D eigenvalue weighted by atomic mass is 35.5. The Kier molecular flexibility index (Phi) is 8.54. The van der Waals surface area contributed by atoms with Crippen molar-refractivity contribution in [1.82, 2.24) is 15.3 Å². The van der Waals surface area contributed by atoms with Crippen LogP contribution in [0.25, 0.3) is 11.3 Å². The predicted octanol–water partition coefficient (Wildman–Crippen LogP) is 5.61. The standard InChI is InChI=1S/C20H21ClF3N3O2S/c1-4-12(2)11-30-19-13(3)18(26-16(27-19)10-25-17(28)9-21)14-5-7-15(8-6-14)29-20(22,23)24/h5-8,11H,4,9-10H2,1-3H3,(H,25,28)/b12-11+. The average molecular weight is 460 g/mol. The zero-order valence-corrected chi connectivity index (χ0v) is 18.2. The van der Waals surface area contributed by atoms with Crippen molar-refractivity contribution in [3.63, 3.8) is 0 Å². The predicted molar refractivity (Wildman–Crippen MR) is 111 cm³/mol. The van der Waals surface area contributed by atoms with Gasteiger partial charge in [0.05, 0.1) is 12.2 Å². The van der Waals surface area contributed by atoms with Crippen LogP contribution in [-0.4, -0.2) is 28.1 Å². The topological polar surface area (TPSA) is 64.1 Å². The van der Waals surface area contributed by atoms with Crippen LogP contribution >= 0.6 is 23.4 Å². The van der Waals surface area contributed by atoms with Crippen molar-refractivity contribution < 1.29 is 22.7 Å². The van der Waals surface area contributed by atoms with Gasteiger partial charge in [-0.15, -0.1) is 24.8 Å². The lowest BCUT2D eigenvalue weighted by Crippen LogP contribution is -2.25. The second-order valence-corrected chi connectivity index (χ2v) is 7.46. The smallest absolute Gasteiger partial charge is 0.406 e. The summed E-state index contributed by atoms with van der Waals surface area (Å²) in [6.45, 7) is 5.97. The van der Waals surface area contributed by atoms with Gasteiger partial charge in [-0.05, 0) is 49.9 Å². The number of carbonyl (C=O) groups is 1. The summed E-state index contributed by atoms with van der Waals surface area (Å²) in [5, 5.41) is 5.30. The van der Waals surface area contributed by atoms with E-state index < -0.39 is 6.36 Å². The largest absolute Gasteiger partial charge is 0.573 e. The summed E-state index contributed by atoms with van der Waals surface area (Å²) in [6, 6.07) is 5.46. The molecule has 1 aromatic carbocycles. The van der Waals surface area contributed by atoms with E-state index in [1.165, 1.54) is 41.6 Å². The van der Waals surface area contributed by atoms with Crippen LogP contribution in [-0.2, 0) is 11.3 Å². The van der Waals surface area contributed by atoms with E-state index in [1.54, 1.807) is 0 Å². The monoisotopic (exact) mass is 459 g/mol. The Morgan fingerprint density at radius 2 is 1.93 bits per heavy atom. The maximum atomic E-state index is 12.4. The number of benzene rings is 1. The van der Waals surface area contributed by atoms with Crippen LogP contribution in [0.2, 0.25) is 0 Å². The first kappa shape index (κ1) is 24.0. The van der Waals surface area contributed by atoms with Crippen LogP contribution in [0.4, 0.5) is 13.2 Å². The Morgan fingerprint density at radius 3 is 2.50 bits per heavy atom. The molecule has 10 heteroatoms. The number of carbonyl (C=O) groups excluding carboxylic acids is 1. The van der Waals surface area contributed by atoms with E-state index in [-0.39, 0.29) is 24.1 Å². The summed E-state index contributed by atoms with van der Waals surface area (Å²) < 4.78 is 41.1. The highest BCUT2D eigenvalue weighted by molar-refractivity contribution is 8.02. The molecule has 1 aromatic heterocycles. The molecule has 162 valence electrons. The molecule has 0 saturated carbocycles. The average Bonchev–Trinajstić information content (AvgIpc) is 2.70. The Bertz CT molecular complexity index is 919. The van der Waals surface area contributed by atoms with Crippen LogP contribution < -0.4 is 10.1 Å². The maximum absolute atomic E-state index is 12.4. The molecule has 0 atom stereocenters. The number of allylic oxidation sites excluding steroid dienone is 1. The van der Waals surface area contributed by atoms with Crippen molar-refractivity contribution in [2.45, 2.75) is 45.1 Å². The SMILES string of the molecule is CC/C(C)=C/Sc1nc(CNC(=O)CCl)nc(-c2ccc(OC(F)(F)F)cc2)c1C. The fourth-order valence-electron chi connectivity index (χ4n) is 2.29. The molecule has 30 heavy (non-hydrogen) atoms. The zero-order valence-electron chi connectivity index (χ0n) is 16.6. The van der Waals surface area contributed by atoms with E-state index in [0.29, 0.717) is 22.1 Å². The fraction of sp³-hybridized carbons (Fsp3) is 0.350. The number of rotatable bonds is 8. The second-order valence-electron chi connectivity index (χ2n) is 6.34. The summed E-state index contributed by atoms with van der Waals surface area (Å²) in [7, 11) is 0. The number of halogens is 4. The van der Waals surface area contributed by atoms with E-state index in [0.717, 1.165) is 12.0 Å². The van der Waals surface area contributed by atoms with E-state index in [2.05, 4.69) is 20.0 Å². The van der Waals surface area contributed by atoms with Crippen molar-refractivity contribution in [2.75, 3.05) is 5.88 Å². The summed E-state index contributed by atoms with van der Waals surface area (Å²) in [6.07, 6.45) is -3.86. The number of hydrogen-bond acceptors (Lipinski definition) is 5. The number of thioether (sulfide) groups is 1. The number of nitrogens with zero attached hydrogens (tertiary/aromatic N) is 2. The lowest BCUT2D eigenvalue weighted by atomic mass is 10.1. The molecule has 2 rings (SSSR count). The molecule has 0 aliphatic heterocycles. The molecule has 0 fully saturated rings. The van der Waals surface area contributed by atoms with Crippen LogP contribution in [0.1, 0.15) is 31.7 Å². The first-order chi connectivity index (χ1) is 14.1. The fourth-order valence-corrected chi connectivity index (χ4v) is 3.30. The van der Waals surface area contributed by atoms with Gasteiger partial charge in [0.15, 0.2) is 0 Å². The van der Waals surface area contributed by atoms with Crippen LogP contribution in [0.3, 0.4) is 0 Å². The van der Waals surface area contributed by atoms with Crippen molar-refractivity contribution >= 4 is 29.3 Å². The van der Waals surface area contributed by atoms with Crippen molar-refractivity contribution in [2.24, 2.45) is 0 Å². The highest BCUT2D eigenvalue weighted by Gasteiger charge is 2.31. The number of ether oxygens (including phenoxy) is 1. The number of aromatic nitrogens is 2. The van der Waals surface area contributed by atoms with Gasteiger partial charge in [-0.25, -0.2) is 9.97 Å². The third-order valence-corrected chi connectivity index (χ3v) is 5.39. The summed E-state index contributed by atoms with van der Waals surface area (Å²) in [5.41, 5.74) is 3.11. The molecular formula is C20H21ClF3N3O2S. The molecule has 0 unspecified atom stereocenters. The van der Waals surface area contributed by atoms with Gasteiger partial charge in [0.25, 0.3) is 0 Å². The van der Waals surface area contributed by atoms with Crippen LogP contribution in [0.15, 0.2) is 40.3 Å². The van der Waals surface area contributed by atoms with Gasteiger partial charge < -0.3 is 10.1 Å². The second kappa shape index (κ2) is 10.7. The quantitative estimate of drug-likeness (QED) is 0.316. The lowest BCUT2D eigenvalue weighted by Gasteiger charge is -2.13. The van der Waals surface area contributed by atoms with E-state index in [1.807, 2.05) is 26.2 Å². The number of hydrogen-bond donors (Lipinski definition) is 1. The maximum Gasteiger partial charge on any atom is 0.573 e. The summed E-state index contributed by atoms with van der Waals surface area (Å²) in [5.74, 6) is -0.482. The molecular weight excluding hydrogens is 439 g/mol. The minimum atomic E-state index is -4.76. The molecule has 1 heterocycles. The molecule has 0 radical (unpaired) electrons. The van der Waals surface area contributed by atoms with Crippen molar-refractivity contribution in [1.29, 1.82) is 0 Å². The molecule has 1 N–H and O–H groups in total. The third kappa shape index (κ3) is 7.21. The van der Waals surface area contributed by atoms with Crippen LogP contribution in [0, 0.1) is 6.92 Å². The molecule has 0 spiro atoms. The molecule has 0 bridgehead atoms. The minimum absolute atomic E-state index is 0.0815. The number of nitrogens with one attached hydrogen (secondary N) is 1. The van der Waals surface area contributed by atoms with Gasteiger partial charge in [0.1, 0.15) is 22.5 Å². The van der Waals surface area contributed by atoms with E-state index in [4.69, 9.17) is 11.6 Å². The molecule has 0 saturated heterocycles. The Morgan fingerprint density at radius 1 is 1.27 bits per heavy atom. The Labute approximate surface area is 182 Å². The van der Waals surface area contributed by atoms with E-state index in [9.17, 15) is 18.0 Å². The summed E-state index contributed by atoms with van der Waals surface area (Å²) in [4.78, 5) is 20.5. The first-order valence-electron chi connectivity index (χ1n) is 9.01. The Hall–Kier alpha value is -2.26. The third-order valence-electron chi connectivity index (χ3n) is 4.00. The molecule has 5 nitrogen and oxygen atoms in total. The van der Waals surface area contributed by atoms with Gasteiger partial charge in [0, 0.05) is 11.1 Å². The van der Waals surface area contributed by atoms with Gasteiger partial charge in [-0.3, -0.25) is 4.79 Å². The van der Waals surface area contributed by atoms with Gasteiger partial charge in [-0.1, -0.05) is 24.3 Å². The van der Waals surface area contributed by atoms with Crippen molar-refractivity contribution in [3.8, 4) is 17.0 Å². The Balaban J connectivity index is 2.41. The van der Waals surface area contributed by atoms with E-state index >= 15 is 0 Å². The molecule has 1 amide bonds. The summed E-state index contributed by atoms with van der Waals surface area (Å²) >= 11 is 6.93. The zero-order chi connectivity index (χ0) is 22.3. The van der Waals surface area contributed by atoms with Gasteiger partial charge in [-0.2, -0.15) is 0 Å². The molecule has 2 aromatic rings. The van der Waals surface area contributed by atoms with Crippen molar-refractivity contribution in [3.05, 3.63) is 46.6 Å². The normalized spacial score (nSPS) is 12.0. The number of alkyl halides is 4. The highest BCUT2D eigenvalue weighted by Crippen LogP contribution is 2.32. The van der Waals surface area contributed by atoms with Crippen LogP contribution in [0.5, 0.6) is 5.75 Å². The molecule has 0 aliphatic rings. The first-order valence-corrected chi connectivity index (χ1v) is 10.4. The van der Waals surface area contributed by atoms with Gasteiger partial charge in [0.2, 0.25) is 5.91 Å². The lowest BCUT2D eigenvalue weighted by molar-refractivity contribution is -0.274. The number of amides is 1. The van der Waals surface area contributed by atoms with Gasteiger partial charge >= 0.3 is 6.36 Å². The minimum Gasteiger partial charge on any atom is -0.406 e.